The summed E-state index contributed by atoms with van der Waals surface area (Å²) >= 11 is 0. The zero-order valence-electron chi connectivity index (χ0n) is 15.8. The number of carbonyl (C=O) groups excluding carboxylic acids is 3. The number of nitrogens with two attached hydrogens (primary N) is 1. The van der Waals surface area contributed by atoms with Crippen molar-refractivity contribution in [2.45, 2.75) is 18.6 Å². The van der Waals surface area contributed by atoms with Crippen molar-refractivity contribution in [2.75, 3.05) is 0 Å². The van der Waals surface area contributed by atoms with E-state index in [0.29, 0.717) is 0 Å². The van der Waals surface area contributed by atoms with Crippen LogP contribution in [-0.2, 0) is 14.4 Å². The molecule has 5 unspecified atom stereocenters. The van der Waals surface area contributed by atoms with Crippen LogP contribution in [0.15, 0.2) is 41.7 Å². The largest absolute Gasteiger partial charge is 0.508 e. The Labute approximate surface area is 170 Å². The van der Waals surface area contributed by atoms with Gasteiger partial charge < -0.3 is 31.3 Å². The zero-order valence-corrected chi connectivity index (χ0v) is 15.8. The minimum absolute atomic E-state index is 0.116. The molecule has 0 heterocycles. The van der Waals surface area contributed by atoms with E-state index in [4.69, 9.17) is 5.73 Å². The highest BCUT2D eigenvalue weighted by atomic mass is 16.4. The Balaban J connectivity index is 2.06. The van der Waals surface area contributed by atoms with Crippen molar-refractivity contribution in [1.82, 2.24) is 0 Å². The van der Waals surface area contributed by atoms with Crippen LogP contribution in [-0.4, -0.2) is 54.7 Å². The molecule has 0 aliphatic heterocycles. The van der Waals surface area contributed by atoms with Gasteiger partial charge in [0.2, 0.25) is 5.78 Å². The molecule has 5 atom stereocenters. The third-order valence-corrected chi connectivity index (χ3v) is 6.39. The second-order valence-corrected chi connectivity index (χ2v) is 7.82. The minimum atomic E-state index is -2.88. The number of amides is 1. The fourth-order valence-electron chi connectivity index (χ4n) is 4.98. The third kappa shape index (κ3) is 2.10. The molecule has 0 aromatic heterocycles. The lowest BCUT2D eigenvalue weighted by Crippen LogP contribution is -2.65. The first kappa shape index (κ1) is 19.9. The van der Waals surface area contributed by atoms with Gasteiger partial charge in [0.05, 0.1) is 17.2 Å². The van der Waals surface area contributed by atoms with Crippen LogP contribution in [0.4, 0.5) is 0 Å². The Morgan fingerprint density at radius 2 is 1.83 bits per heavy atom. The number of ketones is 2. The van der Waals surface area contributed by atoms with Crippen molar-refractivity contribution in [3.63, 3.8) is 0 Å². The van der Waals surface area contributed by atoms with E-state index in [0.717, 1.165) is 0 Å². The smallest absolute Gasteiger partial charge is 0.255 e. The van der Waals surface area contributed by atoms with Gasteiger partial charge in [-0.2, -0.15) is 0 Å². The second kappa shape index (κ2) is 6.04. The lowest BCUT2D eigenvalue weighted by atomic mass is 9.54. The molecule has 1 fully saturated rings. The SMILES string of the molecule is C=C1c2cccc(O)c2C(O)=C2C(=O)C3(O)C(O)=C(C(N)=O)C(=O)C(C)C3C(O)C12. The Morgan fingerprint density at radius 1 is 1.20 bits per heavy atom. The summed E-state index contributed by atoms with van der Waals surface area (Å²) in [5, 5.41) is 53.9. The van der Waals surface area contributed by atoms with E-state index in [1.54, 1.807) is 0 Å². The van der Waals surface area contributed by atoms with Gasteiger partial charge in [0.15, 0.2) is 11.4 Å². The fraction of sp³-hybridized carbons (Fsp3) is 0.286. The lowest BCUT2D eigenvalue weighted by Gasteiger charge is -2.51. The number of phenols is 1. The van der Waals surface area contributed by atoms with Crippen LogP contribution in [0, 0.1) is 17.8 Å². The molecule has 30 heavy (non-hydrogen) atoms. The molecule has 9 heteroatoms. The first-order chi connectivity index (χ1) is 14.0. The van der Waals surface area contributed by atoms with Gasteiger partial charge in [-0.25, -0.2) is 0 Å². The quantitative estimate of drug-likeness (QED) is 0.351. The normalized spacial score (nSPS) is 33.2. The van der Waals surface area contributed by atoms with Gasteiger partial charge in [-0.05, 0) is 17.2 Å². The number of phenolic OH excluding ortho intramolecular Hbond substituents is 1. The molecule has 3 aliphatic rings. The fourth-order valence-corrected chi connectivity index (χ4v) is 4.98. The molecule has 9 nitrogen and oxygen atoms in total. The lowest BCUT2D eigenvalue weighted by molar-refractivity contribution is -0.164. The van der Waals surface area contributed by atoms with Gasteiger partial charge in [-0.3, -0.25) is 14.4 Å². The van der Waals surface area contributed by atoms with Crippen molar-refractivity contribution in [3.8, 4) is 5.75 Å². The maximum Gasteiger partial charge on any atom is 0.255 e. The van der Waals surface area contributed by atoms with E-state index >= 15 is 0 Å². The summed E-state index contributed by atoms with van der Waals surface area (Å²) in [5.41, 5.74) is 1.22. The van der Waals surface area contributed by atoms with Gasteiger partial charge in [0, 0.05) is 17.8 Å². The monoisotopic (exact) mass is 413 g/mol. The maximum absolute atomic E-state index is 13.4. The Kier molecular flexibility index (Phi) is 4.00. The number of primary amides is 1. The molecule has 1 amide bonds. The van der Waals surface area contributed by atoms with Crippen molar-refractivity contribution in [1.29, 1.82) is 0 Å². The van der Waals surface area contributed by atoms with Crippen LogP contribution in [0.3, 0.4) is 0 Å². The van der Waals surface area contributed by atoms with Gasteiger partial charge in [-0.1, -0.05) is 25.6 Å². The predicted molar refractivity (Wildman–Crippen MR) is 103 cm³/mol. The number of hydrogen-bond acceptors (Lipinski definition) is 8. The van der Waals surface area contributed by atoms with E-state index < -0.39 is 69.6 Å². The number of fused-ring (bicyclic) bond motifs is 3. The summed E-state index contributed by atoms with van der Waals surface area (Å²) in [5.74, 6) is -9.80. The van der Waals surface area contributed by atoms with Crippen molar-refractivity contribution in [2.24, 2.45) is 23.5 Å². The summed E-state index contributed by atoms with van der Waals surface area (Å²) in [6.45, 7) is 5.18. The number of Topliss-reactive ketones (excluding diaryl/α,β-unsaturated/α-hetero) is 2. The number of benzene rings is 1. The topological polar surface area (TPSA) is 178 Å². The van der Waals surface area contributed by atoms with Gasteiger partial charge in [-0.15, -0.1) is 0 Å². The Morgan fingerprint density at radius 3 is 2.43 bits per heavy atom. The average molecular weight is 413 g/mol. The highest BCUT2D eigenvalue weighted by molar-refractivity contribution is 6.24. The minimum Gasteiger partial charge on any atom is -0.508 e. The van der Waals surface area contributed by atoms with Gasteiger partial charge in [0.25, 0.3) is 5.91 Å². The maximum atomic E-state index is 13.4. The van der Waals surface area contributed by atoms with Crippen molar-refractivity contribution >= 4 is 28.8 Å². The first-order valence-electron chi connectivity index (χ1n) is 9.13. The zero-order chi connectivity index (χ0) is 22.3. The van der Waals surface area contributed by atoms with Gasteiger partial charge >= 0.3 is 0 Å². The highest BCUT2D eigenvalue weighted by Gasteiger charge is 2.66. The molecular formula is C21H19NO8. The van der Waals surface area contributed by atoms with Crippen LogP contribution < -0.4 is 5.73 Å². The third-order valence-electron chi connectivity index (χ3n) is 6.39. The number of carbonyl (C=O) groups is 3. The molecule has 0 bridgehead atoms. The molecule has 0 radical (unpaired) electrons. The summed E-state index contributed by atoms with van der Waals surface area (Å²) < 4.78 is 0. The number of aliphatic hydroxyl groups excluding tert-OH is 3. The average Bonchev–Trinajstić information content (AvgIpc) is 2.67. The van der Waals surface area contributed by atoms with Crippen LogP contribution >= 0.6 is 0 Å². The highest BCUT2D eigenvalue weighted by Crippen LogP contribution is 2.55. The summed E-state index contributed by atoms with van der Waals surface area (Å²) in [6.07, 6.45) is -1.64. The molecule has 1 saturated carbocycles. The van der Waals surface area contributed by atoms with Crippen LogP contribution in [0.1, 0.15) is 18.1 Å². The summed E-state index contributed by atoms with van der Waals surface area (Å²) in [6, 6.07) is 4.29. The Hall–Kier alpha value is -3.43. The van der Waals surface area contributed by atoms with E-state index in [1.165, 1.54) is 25.1 Å². The molecule has 7 N–H and O–H groups in total. The van der Waals surface area contributed by atoms with Crippen LogP contribution in [0.2, 0.25) is 0 Å². The second-order valence-electron chi connectivity index (χ2n) is 7.82. The van der Waals surface area contributed by atoms with Crippen molar-refractivity contribution in [3.05, 3.63) is 52.8 Å². The predicted octanol–water partition coefficient (Wildman–Crippen LogP) is 0.111. The van der Waals surface area contributed by atoms with Crippen molar-refractivity contribution < 1.29 is 39.9 Å². The summed E-state index contributed by atoms with van der Waals surface area (Å²) in [4.78, 5) is 37.7. The van der Waals surface area contributed by atoms with Gasteiger partial charge in [0.1, 0.15) is 22.8 Å². The number of hydrogen-bond donors (Lipinski definition) is 6. The Bertz CT molecular complexity index is 1130. The molecule has 3 aliphatic carbocycles. The number of aromatic hydroxyl groups is 1. The summed E-state index contributed by atoms with van der Waals surface area (Å²) in [7, 11) is 0. The molecule has 1 aromatic carbocycles. The molecular weight excluding hydrogens is 394 g/mol. The van der Waals surface area contributed by atoms with Crippen LogP contribution in [0.5, 0.6) is 5.75 Å². The van der Waals surface area contributed by atoms with E-state index in [-0.39, 0.29) is 22.4 Å². The number of aliphatic hydroxyl groups is 4. The first-order valence-corrected chi connectivity index (χ1v) is 9.13. The van der Waals surface area contributed by atoms with E-state index in [9.17, 15) is 39.9 Å². The van der Waals surface area contributed by atoms with Crippen LogP contribution in [0.25, 0.3) is 11.3 Å². The molecule has 1 aromatic rings. The van der Waals surface area contributed by atoms with E-state index in [1.807, 2.05) is 0 Å². The standard InChI is InChI=1S/C21H19NO8/c1-6-8-4-3-5-9(23)11(8)16(25)12-10(6)17(26)14-7(2)15(24)13(20(22)29)19(28)21(14,30)18(12)27/h3-5,7,10,14,17,23,25-26,28,30H,1H2,2H3,(H2,22,29). The van der Waals surface area contributed by atoms with E-state index in [2.05, 4.69) is 6.58 Å². The molecule has 0 saturated heterocycles. The molecule has 4 rings (SSSR count). The number of rotatable bonds is 1. The molecule has 156 valence electrons. The molecule has 0 spiro atoms.